The molecule has 0 radical (unpaired) electrons. The van der Waals surface area contributed by atoms with Gasteiger partial charge in [0.25, 0.3) is 5.91 Å². The smallest absolute Gasteiger partial charge is 0.253 e. The molecule has 33 heavy (non-hydrogen) atoms. The number of rotatable bonds is 3. The van der Waals surface area contributed by atoms with Crippen molar-refractivity contribution in [1.29, 1.82) is 0 Å². The first kappa shape index (κ1) is 21.9. The molecule has 2 amide bonds. The predicted octanol–water partition coefficient (Wildman–Crippen LogP) is 4.29. The molecule has 0 aliphatic carbocycles. The van der Waals surface area contributed by atoms with Crippen molar-refractivity contribution in [3.05, 3.63) is 63.6 Å². The highest BCUT2D eigenvalue weighted by atomic mass is 35.5. The molecule has 3 aromatic rings. The Morgan fingerprint density at radius 1 is 0.970 bits per heavy atom. The minimum absolute atomic E-state index is 0.0140. The van der Waals surface area contributed by atoms with Crippen LogP contribution in [0.4, 0.5) is 0 Å². The second kappa shape index (κ2) is 9.15. The summed E-state index contributed by atoms with van der Waals surface area (Å²) in [5, 5.41) is 11.7. The molecule has 1 aromatic heterocycles. The lowest BCUT2D eigenvalue weighted by Gasteiger charge is -2.21. The van der Waals surface area contributed by atoms with Crippen molar-refractivity contribution < 1.29 is 9.59 Å². The van der Waals surface area contributed by atoms with Crippen LogP contribution < -0.4 is 0 Å². The number of nitrogens with one attached hydrogen (secondary N) is 1. The average Bonchev–Trinajstić information content (AvgIpc) is 3.38. The number of amides is 2. The van der Waals surface area contributed by atoms with Gasteiger partial charge < -0.3 is 9.80 Å². The van der Waals surface area contributed by atoms with Crippen LogP contribution >= 0.6 is 23.2 Å². The molecular weight excluding hydrogens is 461 g/mol. The molecule has 2 saturated heterocycles. The largest absolute Gasteiger partial charge is 0.339 e. The van der Waals surface area contributed by atoms with Gasteiger partial charge in [0, 0.05) is 47.9 Å². The van der Waals surface area contributed by atoms with Gasteiger partial charge in [0.2, 0.25) is 5.91 Å². The van der Waals surface area contributed by atoms with Crippen molar-refractivity contribution >= 4 is 52.1 Å². The molecule has 1 N–H and O–H groups in total. The fraction of sp³-hybridized carbons (Fsp3) is 0.333. The fourth-order valence-corrected chi connectivity index (χ4v) is 5.38. The number of hydrogen-bond acceptors (Lipinski definition) is 4. The van der Waals surface area contributed by atoms with Gasteiger partial charge in [-0.25, -0.2) is 0 Å². The molecule has 0 saturated carbocycles. The van der Waals surface area contributed by atoms with E-state index in [-0.39, 0.29) is 11.8 Å². The SMILES string of the molecule is O=C(C=Cc1cc(Cl)cc(Cl)c1)N1CC[C@@H]2CN(C(=O)c3ccc4[nH]nnc4c3)C[C@@H]2CC1. The maximum atomic E-state index is 13.1. The van der Waals surface area contributed by atoms with Crippen LogP contribution in [0.15, 0.2) is 42.5 Å². The highest BCUT2D eigenvalue weighted by Crippen LogP contribution is 2.33. The maximum Gasteiger partial charge on any atom is 0.253 e. The Hall–Kier alpha value is -2.90. The van der Waals surface area contributed by atoms with Gasteiger partial charge in [-0.2, -0.15) is 0 Å². The molecule has 170 valence electrons. The Balaban J connectivity index is 1.19. The van der Waals surface area contributed by atoms with Crippen LogP contribution in [0, 0.1) is 11.8 Å². The quantitative estimate of drug-likeness (QED) is 0.563. The summed E-state index contributed by atoms with van der Waals surface area (Å²) in [4.78, 5) is 29.6. The van der Waals surface area contributed by atoms with Gasteiger partial charge in [0.15, 0.2) is 0 Å². The van der Waals surface area contributed by atoms with E-state index in [0.717, 1.165) is 37.0 Å². The Kier molecular flexibility index (Phi) is 6.08. The lowest BCUT2D eigenvalue weighted by Crippen LogP contribution is -2.33. The minimum Gasteiger partial charge on any atom is -0.339 e. The molecule has 2 atom stereocenters. The second-order valence-electron chi connectivity index (χ2n) is 8.71. The number of fused-ring (bicyclic) bond motifs is 2. The molecule has 2 aromatic carbocycles. The van der Waals surface area contributed by atoms with E-state index in [9.17, 15) is 9.59 Å². The van der Waals surface area contributed by atoms with Crippen molar-refractivity contribution in [2.45, 2.75) is 12.8 Å². The molecule has 2 aliphatic heterocycles. The molecular formula is C24H23Cl2N5O2. The van der Waals surface area contributed by atoms with Crippen molar-refractivity contribution in [2.24, 2.45) is 11.8 Å². The first-order valence-corrected chi connectivity index (χ1v) is 11.7. The van der Waals surface area contributed by atoms with Crippen LogP contribution in [-0.4, -0.2) is 63.2 Å². The zero-order valence-corrected chi connectivity index (χ0v) is 19.4. The number of aromatic amines is 1. The van der Waals surface area contributed by atoms with Crippen molar-refractivity contribution in [3.63, 3.8) is 0 Å². The number of carbonyl (C=O) groups is 2. The second-order valence-corrected chi connectivity index (χ2v) is 9.59. The van der Waals surface area contributed by atoms with Crippen molar-refractivity contribution in [2.75, 3.05) is 26.2 Å². The lowest BCUT2D eigenvalue weighted by molar-refractivity contribution is -0.126. The molecule has 2 fully saturated rings. The highest BCUT2D eigenvalue weighted by Gasteiger charge is 2.37. The van der Waals surface area contributed by atoms with Gasteiger partial charge in [-0.05, 0) is 72.7 Å². The number of H-pyrrole nitrogens is 1. The Morgan fingerprint density at radius 3 is 2.36 bits per heavy atom. The third-order valence-corrected chi connectivity index (χ3v) is 7.03. The maximum absolute atomic E-state index is 13.1. The zero-order valence-electron chi connectivity index (χ0n) is 17.9. The number of carbonyl (C=O) groups excluding carboxylic acids is 2. The summed E-state index contributed by atoms with van der Waals surface area (Å²) in [7, 11) is 0. The van der Waals surface area contributed by atoms with Crippen LogP contribution in [-0.2, 0) is 4.79 Å². The minimum atomic E-state index is -0.0140. The van der Waals surface area contributed by atoms with E-state index in [1.54, 1.807) is 36.4 Å². The number of benzene rings is 2. The summed E-state index contributed by atoms with van der Waals surface area (Å²) in [6.45, 7) is 2.82. The topological polar surface area (TPSA) is 82.2 Å². The summed E-state index contributed by atoms with van der Waals surface area (Å²) >= 11 is 12.1. The first-order valence-electron chi connectivity index (χ1n) is 11.0. The molecule has 0 bridgehead atoms. The van der Waals surface area contributed by atoms with Gasteiger partial charge in [-0.15, -0.1) is 5.10 Å². The lowest BCUT2D eigenvalue weighted by atomic mass is 9.92. The number of likely N-dealkylation sites (tertiary alicyclic amines) is 2. The van der Waals surface area contributed by atoms with Crippen molar-refractivity contribution in [1.82, 2.24) is 25.2 Å². The Bertz CT molecular complexity index is 1200. The summed E-state index contributed by atoms with van der Waals surface area (Å²) in [5.41, 5.74) is 2.94. The summed E-state index contributed by atoms with van der Waals surface area (Å²) < 4.78 is 0. The zero-order chi connectivity index (χ0) is 22.9. The highest BCUT2D eigenvalue weighted by molar-refractivity contribution is 6.34. The first-order chi connectivity index (χ1) is 16.0. The third kappa shape index (κ3) is 4.75. The Morgan fingerprint density at radius 2 is 1.67 bits per heavy atom. The van der Waals surface area contributed by atoms with E-state index in [1.165, 1.54) is 0 Å². The number of hydrogen-bond donors (Lipinski definition) is 1. The van der Waals surface area contributed by atoms with Crippen molar-refractivity contribution in [3.8, 4) is 0 Å². The Labute approximate surface area is 201 Å². The standard InChI is InChI=1S/C24H23Cl2N5O2/c25-19-9-15(10-20(26)12-19)1-4-23(32)30-7-5-17-13-31(14-18(17)6-8-30)24(33)16-2-3-21-22(11-16)28-29-27-21/h1-4,9-12,17-18H,5-8,13-14H2,(H,27,28,29)/t17-,18+. The van der Waals surface area contributed by atoms with E-state index in [4.69, 9.17) is 23.2 Å². The van der Waals surface area contributed by atoms with Gasteiger partial charge in [0.1, 0.15) is 5.52 Å². The van der Waals surface area contributed by atoms with E-state index in [0.29, 0.717) is 46.1 Å². The van der Waals surface area contributed by atoms with Crippen LogP contribution in [0.1, 0.15) is 28.8 Å². The number of nitrogens with zero attached hydrogens (tertiary/aromatic N) is 4. The predicted molar refractivity (Wildman–Crippen MR) is 128 cm³/mol. The van der Waals surface area contributed by atoms with Gasteiger partial charge in [-0.3, -0.25) is 14.7 Å². The van der Waals surface area contributed by atoms with Crippen LogP contribution in [0.5, 0.6) is 0 Å². The van der Waals surface area contributed by atoms with Crippen LogP contribution in [0.3, 0.4) is 0 Å². The third-order valence-electron chi connectivity index (χ3n) is 6.59. The fourth-order valence-electron chi connectivity index (χ4n) is 4.84. The average molecular weight is 484 g/mol. The summed E-state index contributed by atoms with van der Waals surface area (Å²) in [6, 6.07) is 10.7. The van der Waals surface area contributed by atoms with E-state index in [1.807, 2.05) is 21.9 Å². The molecule has 9 heteroatoms. The van der Waals surface area contributed by atoms with E-state index in [2.05, 4.69) is 15.4 Å². The number of halogens is 2. The normalized spacial score (nSPS) is 20.9. The monoisotopic (exact) mass is 483 g/mol. The molecule has 5 rings (SSSR count). The van der Waals surface area contributed by atoms with Gasteiger partial charge >= 0.3 is 0 Å². The van der Waals surface area contributed by atoms with Gasteiger partial charge in [-0.1, -0.05) is 28.4 Å². The summed E-state index contributed by atoms with van der Waals surface area (Å²) in [5.74, 6) is 0.820. The van der Waals surface area contributed by atoms with E-state index < -0.39 is 0 Å². The molecule has 0 unspecified atom stereocenters. The number of aromatic nitrogens is 3. The summed E-state index contributed by atoms with van der Waals surface area (Å²) in [6.07, 6.45) is 5.11. The van der Waals surface area contributed by atoms with Gasteiger partial charge in [0.05, 0.1) is 5.52 Å². The van der Waals surface area contributed by atoms with E-state index >= 15 is 0 Å². The molecule has 2 aliphatic rings. The molecule has 7 nitrogen and oxygen atoms in total. The molecule has 3 heterocycles. The van der Waals surface area contributed by atoms with Crippen LogP contribution in [0.25, 0.3) is 17.1 Å². The molecule has 0 spiro atoms. The van der Waals surface area contributed by atoms with Crippen LogP contribution in [0.2, 0.25) is 10.0 Å².